The number of nitrogens with one attached hydrogen (secondary N) is 1. The van der Waals surface area contributed by atoms with Crippen LogP contribution in [0.5, 0.6) is 5.75 Å². The molecule has 1 rings (SSSR count). The van der Waals surface area contributed by atoms with Crippen LogP contribution in [0.4, 0.5) is 8.78 Å². The molecule has 106 valence electrons. The Kier molecular flexibility index (Phi) is 6.56. The molecule has 1 aromatic carbocycles. The van der Waals surface area contributed by atoms with E-state index in [0.717, 1.165) is 12.8 Å². The minimum atomic E-state index is -2.90. The van der Waals surface area contributed by atoms with Crippen LogP contribution < -0.4 is 10.1 Å². The van der Waals surface area contributed by atoms with Crippen molar-refractivity contribution in [1.82, 2.24) is 5.32 Å². The van der Waals surface area contributed by atoms with Gasteiger partial charge >= 0.3 is 6.61 Å². The Balaban J connectivity index is 2.47. The zero-order valence-corrected chi connectivity index (χ0v) is 11.3. The van der Waals surface area contributed by atoms with Gasteiger partial charge < -0.3 is 10.1 Å². The molecule has 1 amide bonds. The van der Waals surface area contributed by atoms with Gasteiger partial charge in [-0.3, -0.25) is 4.79 Å². The molecule has 1 aromatic rings. The minimum absolute atomic E-state index is 0.0305. The molecule has 1 atom stereocenters. The van der Waals surface area contributed by atoms with Crippen molar-refractivity contribution < 1.29 is 18.3 Å². The van der Waals surface area contributed by atoms with Crippen molar-refractivity contribution in [3.05, 3.63) is 29.8 Å². The summed E-state index contributed by atoms with van der Waals surface area (Å²) in [5.41, 5.74) is 0.289. The fourth-order valence-electron chi connectivity index (χ4n) is 1.50. The number of hydrogen-bond donors (Lipinski definition) is 1. The standard InChI is InChI=1S/C13H16ClF2NO2/c1-9(14)4-3-7-17-12(18)10-5-2-6-11(8-10)19-13(15)16/h2,5-6,8-9,13H,3-4,7H2,1H3,(H,17,18). The van der Waals surface area contributed by atoms with Crippen LogP contribution in [-0.4, -0.2) is 24.4 Å². The van der Waals surface area contributed by atoms with Crippen molar-refractivity contribution in [2.45, 2.75) is 31.8 Å². The second-order valence-electron chi connectivity index (χ2n) is 4.09. The molecule has 3 nitrogen and oxygen atoms in total. The molecule has 0 saturated carbocycles. The van der Waals surface area contributed by atoms with Crippen LogP contribution in [0.15, 0.2) is 24.3 Å². The Morgan fingerprint density at radius 1 is 1.47 bits per heavy atom. The SMILES string of the molecule is CC(Cl)CCCNC(=O)c1cccc(OC(F)F)c1. The Morgan fingerprint density at radius 2 is 2.21 bits per heavy atom. The van der Waals surface area contributed by atoms with E-state index in [1.54, 1.807) is 0 Å². The first-order valence-corrected chi connectivity index (χ1v) is 6.40. The average Bonchev–Trinajstić information content (AvgIpc) is 2.33. The minimum Gasteiger partial charge on any atom is -0.435 e. The first-order valence-electron chi connectivity index (χ1n) is 5.96. The summed E-state index contributed by atoms with van der Waals surface area (Å²) < 4.78 is 28.3. The van der Waals surface area contributed by atoms with Gasteiger partial charge in [0.2, 0.25) is 0 Å². The van der Waals surface area contributed by atoms with Crippen molar-refractivity contribution in [2.24, 2.45) is 0 Å². The fourth-order valence-corrected chi connectivity index (χ4v) is 1.66. The lowest BCUT2D eigenvalue weighted by Gasteiger charge is -2.08. The van der Waals surface area contributed by atoms with E-state index in [0.29, 0.717) is 6.54 Å². The predicted octanol–water partition coefficient (Wildman–Crippen LogP) is 3.43. The van der Waals surface area contributed by atoms with Gasteiger partial charge in [0.05, 0.1) is 0 Å². The van der Waals surface area contributed by atoms with Crippen LogP contribution in [0, 0.1) is 0 Å². The third-order valence-electron chi connectivity index (χ3n) is 2.39. The van der Waals surface area contributed by atoms with Gasteiger partial charge in [0.25, 0.3) is 5.91 Å². The molecule has 0 spiro atoms. The predicted molar refractivity (Wildman–Crippen MR) is 70.0 cm³/mol. The van der Waals surface area contributed by atoms with E-state index >= 15 is 0 Å². The topological polar surface area (TPSA) is 38.3 Å². The second kappa shape index (κ2) is 7.94. The number of hydrogen-bond acceptors (Lipinski definition) is 2. The third kappa shape index (κ3) is 6.38. The lowest BCUT2D eigenvalue weighted by molar-refractivity contribution is -0.0498. The maximum absolute atomic E-state index is 12.0. The van der Waals surface area contributed by atoms with Crippen LogP contribution in [0.3, 0.4) is 0 Å². The van der Waals surface area contributed by atoms with Gasteiger partial charge in [0, 0.05) is 17.5 Å². The van der Waals surface area contributed by atoms with Crippen molar-refractivity contribution in [3.8, 4) is 5.75 Å². The fraction of sp³-hybridized carbons (Fsp3) is 0.462. The highest BCUT2D eigenvalue weighted by atomic mass is 35.5. The highest BCUT2D eigenvalue weighted by Gasteiger charge is 2.09. The number of carbonyl (C=O) groups excluding carboxylic acids is 1. The molecule has 0 aromatic heterocycles. The average molecular weight is 292 g/mol. The first kappa shape index (κ1) is 15.7. The van der Waals surface area contributed by atoms with Gasteiger partial charge in [-0.25, -0.2) is 0 Å². The van der Waals surface area contributed by atoms with E-state index in [1.165, 1.54) is 24.3 Å². The van der Waals surface area contributed by atoms with Gasteiger partial charge in [0.15, 0.2) is 0 Å². The smallest absolute Gasteiger partial charge is 0.387 e. The van der Waals surface area contributed by atoms with Crippen molar-refractivity contribution in [1.29, 1.82) is 0 Å². The van der Waals surface area contributed by atoms with E-state index in [1.807, 2.05) is 6.92 Å². The third-order valence-corrected chi connectivity index (χ3v) is 2.60. The summed E-state index contributed by atoms with van der Waals surface area (Å²) in [5, 5.41) is 2.76. The van der Waals surface area contributed by atoms with Crippen LogP contribution in [-0.2, 0) is 0 Å². The highest BCUT2D eigenvalue weighted by molar-refractivity contribution is 6.20. The highest BCUT2D eigenvalue weighted by Crippen LogP contribution is 2.15. The summed E-state index contributed by atoms with van der Waals surface area (Å²) in [6.45, 7) is -0.520. The maximum Gasteiger partial charge on any atom is 0.387 e. The number of amides is 1. The van der Waals surface area contributed by atoms with E-state index in [-0.39, 0.29) is 22.6 Å². The van der Waals surface area contributed by atoms with Crippen molar-refractivity contribution >= 4 is 17.5 Å². The van der Waals surface area contributed by atoms with Gasteiger partial charge in [0.1, 0.15) is 5.75 Å². The van der Waals surface area contributed by atoms with Crippen LogP contribution >= 0.6 is 11.6 Å². The summed E-state index contributed by atoms with van der Waals surface area (Å²) in [5.74, 6) is -0.348. The largest absolute Gasteiger partial charge is 0.435 e. The monoisotopic (exact) mass is 291 g/mol. The summed E-state index contributed by atoms with van der Waals surface area (Å²) >= 11 is 5.78. The quantitative estimate of drug-likeness (QED) is 0.617. The number of ether oxygens (including phenoxy) is 1. The molecular formula is C13H16ClF2NO2. The molecule has 0 aliphatic carbocycles. The number of rotatable bonds is 7. The van der Waals surface area contributed by atoms with Crippen LogP contribution in [0.2, 0.25) is 0 Å². The number of halogens is 3. The Hall–Kier alpha value is -1.36. The summed E-state index contributed by atoms with van der Waals surface area (Å²) in [7, 11) is 0. The Morgan fingerprint density at radius 3 is 2.84 bits per heavy atom. The van der Waals surface area contributed by atoms with E-state index < -0.39 is 6.61 Å². The number of benzene rings is 1. The Bertz CT molecular complexity index is 413. The molecule has 0 radical (unpaired) electrons. The first-order chi connectivity index (χ1) is 8.99. The molecule has 1 unspecified atom stereocenters. The van der Waals surface area contributed by atoms with Gasteiger partial charge in [-0.15, -0.1) is 11.6 Å². The molecule has 0 saturated heterocycles. The molecule has 0 bridgehead atoms. The maximum atomic E-state index is 12.0. The van der Waals surface area contributed by atoms with Crippen LogP contribution in [0.1, 0.15) is 30.1 Å². The Labute approximate surface area is 115 Å². The summed E-state index contributed by atoms with van der Waals surface area (Å²) in [4.78, 5) is 11.7. The van der Waals surface area contributed by atoms with Crippen molar-refractivity contribution in [3.63, 3.8) is 0 Å². The zero-order valence-electron chi connectivity index (χ0n) is 10.5. The van der Waals surface area contributed by atoms with E-state index in [4.69, 9.17) is 11.6 Å². The van der Waals surface area contributed by atoms with E-state index in [9.17, 15) is 13.6 Å². The second-order valence-corrected chi connectivity index (χ2v) is 4.83. The van der Waals surface area contributed by atoms with Gasteiger partial charge in [-0.1, -0.05) is 6.07 Å². The lowest BCUT2D eigenvalue weighted by Crippen LogP contribution is -2.24. The van der Waals surface area contributed by atoms with Crippen LogP contribution in [0.25, 0.3) is 0 Å². The zero-order chi connectivity index (χ0) is 14.3. The van der Waals surface area contributed by atoms with E-state index in [2.05, 4.69) is 10.1 Å². The summed E-state index contributed by atoms with van der Waals surface area (Å²) in [6, 6.07) is 5.69. The molecular weight excluding hydrogens is 276 g/mol. The number of alkyl halides is 3. The van der Waals surface area contributed by atoms with Gasteiger partial charge in [-0.2, -0.15) is 8.78 Å². The normalized spacial score (nSPS) is 12.3. The molecule has 0 fully saturated rings. The summed E-state index contributed by atoms with van der Waals surface area (Å²) in [6.07, 6.45) is 1.57. The van der Waals surface area contributed by atoms with Crippen molar-refractivity contribution in [2.75, 3.05) is 6.54 Å². The molecule has 0 heterocycles. The molecule has 1 N–H and O–H groups in total. The molecule has 0 aliphatic heterocycles. The number of carbonyl (C=O) groups is 1. The molecule has 6 heteroatoms. The lowest BCUT2D eigenvalue weighted by atomic mass is 10.2. The molecule has 19 heavy (non-hydrogen) atoms. The van der Waals surface area contributed by atoms with Gasteiger partial charge in [-0.05, 0) is 38.0 Å². The molecule has 0 aliphatic rings.